The number of nitrogens with one attached hydrogen (secondary N) is 1. The minimum absolute atomic E-state index is 0.267. The third-order valence-corrected chi connectivity index (χ3v) is 4.61. The number of aryl methyl sites for hydroxylation is 1. The van der Waals surface area contributed by atoms with Crippen molar-refractivity contribution >= 4 is 23.2 Å². The molecule has 0 spiro atoms. The second-order valence-electron chi connectivity index (χ2n) is 5.30. The molecule has 1 aromatic carbocycles. The van der Waals surface area contributed by atoms with E-state index in [4.69, 9.17) is 9.84 Å². The average molecular weight is 369 g/mol. The number of carbonyl (C=O) groups is 2. The number of aliphatic carboxylic acids is 1. The van der Waals surface area contributed by atoms with Crippen LogP contribution in [0.3, 0.4) is 0 Å². The Morgan fingerprint density at radius 1 is 1.28 bits per heavy atom. The van der Waals surface area contributed by atoms with E-state index in [0.29, 0.717) is 5.75 Å². The van der Waals surface area contributed by atoms with Gasteiger partial charge >= 0.3 is 5.97 Å². The first-order valence-corrected chi connectivity index (χ1v) is 8.20. The molecule has 0 aliphatic heterocycles. The van der Waals surface area contributed by atoms with Gasteiger partial charge in [-0.2, -0.15) is 0 Å². The van der Waals surface area contributed by atoms with Gasteiger partial charge < -0.3 is 15.2 Å². The van der Waals surface area contributed by atoms with E-state index < -0.39 is 30.8 Å². The molecular formula is C17H17F2NO4S. The van der Waals surface area contributed by atoms with Gasteiger partial charge in [-0.1, -0.05) is 12.1 Å². The van der Waals surface area contributed by atoms with Crippen LogP contribution in [0.2, 0.25) is 0 Å². The van der Waals surface area contributed by atoms with E-state index in [-0.39, 0.29) is 4.88 Å². The number of carboxylic acid groups (broad SMARTS) is 1. The third kappa shape index (κ3) is 4.76. The number of rotatable bonds is 7. The van der Waals surface area contributed by atoms with Gasteiger partial charge in [-0.25, -0.2) is 13.6 Å². The van der Waals surface area contributed by atoms with Crippen molar-refractivity contribution in [3.8, 4) is 16.9 Å². The topological polar surface area (TPSA) is 75.6 Å². The van der Waals surface area contributed by atoms with Gasteiger partial charge in [0.1, 0.15) is 11.8 Å². The molecule has 1 atom stereocenters. The molecule has 0 fully saturated rings. The molecule has 0 saturated heterocycles. The van der Waals surface area contributed by atoms with Gasteiger partial charge in [-0.3, -0.25) is 4.79 Å². The number of methoxy groups -OCH3 is 1. The molecule has 0 radical (unpaired) electrons. The number of carboxylic acids is 1. The lowest BCUT2D eigenvalue weighted by Gasteiger charge is -2.13. The predicted molar refractivity (Wildman–Crippen MR) is 90.6 cm³/mol. The molecule has 1 unspecified atom stereocenters. The summed E-state index contributed by atoms with van der Waals surface area (Å²) in [6, 6.07) is 7.25. The molecule has 2 N–H and O–H groups in total. The maximum absolute atomic E-state index is 12.4. The van der Waals surface area contributed by atoms with E-state index in [1.165, 1.54) is 11.3 Å². The van der Waals surface area contributed by atoms with Crippen molar-refractivity contribution in [3.63, 3.8) is 0 Å². The Balaban J connectivity index is 2.19. The van der Waals surface area contributed by atoms with E-state index >= 15 is 0 Å². The van der Waals surface area contributed by atoms with Crippen molar-refractivity contribution < 1.29 is 28.2 Å². The van der Waals surface area contributed by atoms with Gasteiger partial charge in [0, 0.05) is 11.3 Å². The zero-order valence-electron chi connectivity index (χ0n) is 13.6. The summed E-state index contributed by atoms with van der Waals surface area (Å²) in [4.78, 5) is 24.3. The first-order valence-electron chi connectivity index (χ1n) is 7.38. The molecule has 0 saturated carbocycles. The monoisotopic (exact) mass is 369 g/mol. The van der Waals surface area contributed by atoms with E-state index in [1.54, 1.807) is 25.3 Å². The van der Waals surface area contributed by atoms with E-state index in [1.807, 2.05) is 19.1 Å². The van der Waals surface area contributed by atoms with Crippen molar-refractivity contribution in [2.75, 3.05) is 7.11 Å². The predicted octanol–water partition coefficient (Wildman–Crippen LogP) is 3.57. The molecule has 1 amide bonds. The summed E-state index contributed by atoms with van der Waals surface area (Å²) in [5, 5.41) is 11.1. The molecule has 25 heavy (non-hydrogen) atoms. The minimum atomic E-state index is -2.82. The zero-order valence-corrected chi connectivity index (χ0v) is 14.4. The minimum Gasteiger partial charge on any atom is -0.497 e. The van der Waals surface area contributed by atoms with Crippen LogP contribution < -0.4 is 10.1 Å². The van der Waals surface area contributed by atoms with Crippen molar-refractivity contribution in [2.45, 2.75) is 25.8 Å². The normalized spacial score (nSPS) is 12.0. The van der Waals surface area contributed by atoms with Crippen LogP contribution >= 0.6 is 11.3 Å². The highest BCUT2D eigenvalue weighted by molar-refractivity contribution is 7.14. The molecule has 0 bridgehead atoms. The summed E-state index contributed by atoms with van der Waals surface area (Å²) >= 11 is 1.18. The van der Waals surface area contributed by atoms with Crippen molar-refractivity contribution in [2.24, 2.45) is 0 Å². The first-order chi connectivity index (χ1) is 11.8. The molecule has 134 valence electrons. The average Bonchev–Trinajstić information content (AvgIpc) is 2.95. The lowest BCUT2D eigenvalue weighted by molar-refractivity contribution is -0.140. The van der Waals surface area contributed by atoms with Crippen LogP contribution in [0.25, 0.3) is 11.1 Å². The fourth-order valence-electron chi connectivity index (χ4n) is 2.28. The summed E-state index contributed by atoms with van der Waals surface area (Å²) in [5.74, 6) is -1.47. The third-order valence-electron chi connectivity index (χ3n) is 3.56. The molecule has 2 rings (SSSR count). The maximum Gasteiger partial charge on any atom is 0.326 e. The largest absolute Gasteiger partial charge is 0.497 e. The van der Waals surface area contributed by atoms with Crippen molar-refractivity contribution in [1.29, 1.82) is 0 Å². The summed E-state index contributed by atoms with van der Waals surface area (Å²) in [6.07, 6.45) is -3.75. The van der Waals surface area contributed by atoms with Gasteiger partial charge in [-0.15, -0.1) is 11.3 Å². The Kier molecular flexibility index (Phi) is 6.08. The number of carbonyl (C=O) groups excluding carboxylic acids is 1. The highest BCUT2D eigenvalue weighted by Gasteiger charge is 2.25. The van der Waals surface area contributed by atoms with Crippen LogP contribution in [-0.4, -0.2) is 36.6 Å². The highest BCUT2D eigenvalue weighted by Crippen LogP contribution is 2.32. The molecule has 0 aliphatic rings. The highest BCUT2D eigenvalue weighted by atomic mass is 32.1. The van der Waals surface area contributed by atoms with E-state index in [9.17, 15) is 18.4 Å². The SMILES string of the molecule is COc1ccc(-c2cc(C(=O)NC(CC(F)F)C(=O)O)sc2C)cc1. The van der Waals surface area contributed by atoms with Crippen LogP contribution in [0.15, 0.2) is 30.3 Å². The van der Waals surface area contributed by atoms with Crippen LogP contribution in [0, 0.1) is 6.92 Å². The number of hydrogen-bond donors (Lipinski definition) is 2. The second kappa shape index (κ2) is 8.06. The van der Waals surface area contributed by atoms with Crippen LogP contribution in [0.5, 0.6) is 5.75 Å². The fraction of sp³-hybridized carbons (Fsp3) is 0.294. The van der Waals surface area contributed by atoms with Crippen molar-refractivity contribution in [3.05, 3.63) is 40.1 Å². The fourth-order valence-corrected chi connectivity index (χ4v) is 3.23. The zero-order chi connectivity index (χ0) is 18.6. The Morgan fingerprint density at radius 2 is 1.92 bits per heavy atom. The summed E-state index contributed by atoms with van der Waals surface area (Å²) in [6.45, 7) is 1.83. The van der Waals surface area contributed by atoms with E-state index in [2.05, 4.69) is 5.32 Å². The van der Waals surface area contributed by atoms with Crippen molar-refractivity contribution in [1.82, 2.24) is 5.32 Å². The number of benzene rings is 1. The lowest BCUT2D eigenvalue weighted by Crippen LogP contribution is -2.41. The quantitative estimate of drug-likeness (QED) is 0.782. The number of alkyl halides is 2. The van der Waals surface area contributed by atoms with Crippen LogP contribution in [0.1, 0.15) is 21.0 Å². The smallest absolute Gasteiger partial charge is 0.326 e. The number of thiophene rings is 1. The lowest BCUT2D eigenvalue weighted by atomic mass is 10.1. The summed E-state index contributed by atoms with van der Waals surface area (Å²) < 4.78 is 30.0. The molecule has 5 nitrogen and oxygen atoms in total. The van der Waals surface area contributed by atoms with Gasteiger partial charge in [0.05, 0.1) is 12.0 Å². The maximum atomic E-state index is 12.4. The Bertz CT molecular complexity index is 759. The second-order valence-corrected chi connectivity index (χ2v) is 6.56. The summed E-state index contributed by atoms with van der Waals surface area (Å²) in [5.41, 5.74) is 1.69. The van der Waals surface area contributed by atoms with E-state index in [0.717, 1.165) is 16.0 Å². The standard InChI is InChI=1S/C17H17F2NO4S/c1-9-12(10-3-5-11(24-2)6-4-10)7-14(25-9)16(21)20-13(17(22)23)8-15(18)19/h3-7,13,15H,8H2,1-2H3,(H,20,21)(H,22,23). The molecule has 0 aliphatic carbocycles. The number of hydrogen-bond acceptors (Lipinski definition) is 4. The first kappa shape index (κ1) is 18.9. The number of ether oxygens (including phenoxy) is 1. The van der Waals surface area contributed by atoms with Gasteiger partial charge in [0.2, 0.25) is 6.43 Å². The van der Waals surface area contributed by atoms with Crippen LogP contribution in [-0.2, 0) is 4.79 Å². The molecular weight excluding hydrogens is 352 g/mol. The van der Waals surface area contributed by atoms with Gasteiger partial charge in [-0.05, 0) is 36.2 Å². The van der Waals surface area contributed by atoms with Gasteiger partial charge in [0.15, 0.2) is 0 Å². The summed E-state index contributed by atoms with van der Waals surface area (Å²) in [7, 11) is 1.56. The molecule has 1 aromatic heterocycles. The number of halogens is 2. The molecule has 2 aromatic rings. The van der Waals surface area contributed by atoms with Crippen LogP contribution in [0.4, 0.5) is 8.78 Å². The molecule has 8 heteroatoms. The number of amides is 1. The Hall–Kier alpha value is -2.48. The Labute approximate surface area is 147 Å². The van der Waals surface area contributed by atoms with Gasteiger partial charge in [0.25, 0.3) is 5.91 Å². The molecule has 1 heterocycles. The Morgan fingerprint density at radius 3 is 2.44 bits per heavy atom.